The van der Waals surface area contributed by atoms with Crippen LogP contribution in [-0.4, -0.2) is 24.1 Å². The van der Waals surface area contributed by atoms with Crippen LogP contribution >= 0.6 is 12.2 Å². The van der Waals surface area contributed by atoms with Gasteiger partial charge in [0.05, 0.1) is 0 Å². The summed E-state index contributed by atoms with van der Waals surface area (Å²) in [4.78, 5) is 13.6. The number of anilines is 2. The number of nitrogens with one attached hydrogen (secondary N) is 2. The highest BCUT2D eigenvalue weighted by Gasteiger charge is 2.21. The molecule has 3 rings (SSSR count). The van der Waals surface area contributed by atoms with Crippen LogP contribution in [0.1, 0.15) is 24.8 Å². The predicted molar refractivity (Wildman–Crippen MR) is 107 cm³/mol. The summed E-state index contributed by atoms with van der Waals surface area (Å²) in [6, 6.07) is 18.3. The molecule has 2 aromatic rings. The van der Waals surface area contributed by atoms with Gasteiger partial charge in [-0.15, -0.1) is 0 Å². The van der Waals surface area contributed by atoms with Crippen LogP contribution in [0.15, 0.2) is 54.6 Å². The van der Waals surface area contributed by atoms with E-state index in [1.54, 1.807) is 0 Å². The van der Waals surface area contributed by atoms with Crippen molar-refractivity contribution < 1.29 is 4.79 Å². The third-order valence-corrected chi connectivity index (χ3v) is 4.53. The molecule has 1 saturated heterocycles. The van der Waals surface area contributed by atoms with E-state index in [-0.39, 0.29) is 5.91 Å². The molecule has 0 saturated carbocycles. The van der Waals surface area contributed by atoms with Crippen LogP contribution in [0.5, 0.6) is 0 Å². The Morgan fingerprint density at radius 3 is 2.52 bits per heavy atom. The van der Waals surface area contributed by atoms with Gasteiger partial charge >= 0.3 is 0 Å². The van der Waals surface area contributed by atoms with E-state index in [0.29, 0.717) is 11.5 Å². The van der Waals surface area contributed by atoms with Crippen molar-refractivity contribution in [1.29, 1.82) is 0 Å². The quantitative estimate of drug-likeness (QED) is 0.613. The van der Waals surface area contributed by atoms with Crippen LogP contribution in [-0.2, 0) is 11.2 Å². The molecule has 25 heavy (non-hydrogen) atoms. The molecule has 1 heterocycles. The van der Waals surface area contributed by atoms with Crippen molar-refractivity contribution in [2.75, 3.05) is 23.3 Å². The van der Waals surface area contributed by atoms with Gasteiger partial charge in [0.1, 0.15) is 0 Å². The fourth-order valence-corrected chi connectivity index (χ4v) is 3.18. The first-order valence-electron chi connectivity index (χ1n) is 8.71. The Kier molecular flexibility index (Phi) is 6.01. The molecule has 130 valence electrons. The Morgan fingerprint density at radius 1 is 1.08 bits per heavy atom. The summed E-state index contributed by atoms with van der Waals surface area (Å²) in [5.74, 6) is 0.205. The Balaban J connectivity index is 1.41. The lowest BCUT2D eigenvalue weighted by Crippen LogP contribution is -2.29. The molecular weight excluding hydrogens is 330 g/mol. The van der Waals surface area contributed by atoms with Crippen molar-refractivity contribution >= 4 is 34.6 Å². The van der Waals surface area contributed by atoms with Gasteiger partial charge in [0, 0.05) is 30.9 Å². The van der Waals surface area contributed by atoms with E-state index < -0.39 is 0 Å². The first-order chi connectivity index (χ1) is 12.2. The third-order valence-electron chi connectivity index (χ3n) is 4.28. The molecular formula is C20H23N3OS. The summed E-state index contributed by atoms with van der Waals surface area (Å²) in [5, 5.41) is 7.04. The lowest BCUT2D eigenvalue weighted by Gasteiger charge is -2.16. The van der Waals surface area contributed by atoms with Gasteiger partial charge in [-0.3, -0.25) is 4.79 Å². The highest BCUT2D eigenvalue weighted by molar-refractivity contribution is 7.80. The number of benzene rings is 2. The Bertz CT molecular complexity index is 715. The number of thiocarbonyl (C=S) groups is 1. The average molecular weight is 353 g/mol. The highest BCUT2D eigenvalue weighted by atomic mass is 32.1. The van der Waals surface area contributed by atoms with Crippen molar-refractivity contribution in [2.45, 2.75) is 25.7 Å². The first-order valence-corrected chi connectivity index (χ1v) is 9.12. The SMILES string of the molecule is O=C1CCCN1c1ccc(NC(=S)NCCCc2ccccc2)cc1. The molecule has 0 unspecified atom stereocenters. The zero-order valence-electron chi connectivity index (χ0n) is 14.2. The molecule has 5 heteroatoms. The number of aryl methyl sites for hydroxylation is 1. The topological polar surface area (TPSA) is 44.4 Å². The maximum Gasteiger partial charge on any atom is 0.227 e. The van der Waals surface area contributed by atoms with Crippen molar-refractivity contribution in [2.24, 2.45) is 0 Å². The molecule has 0 aromatic heterocycles. The number of carbonyl (C=O) groups is 1. The number of amides is 1. The summed E-state index contributed by atoms with van der Waals surface area (Å²) in [6.45, 7) is 1.65. The van der Waals surface area contributed by atoms with Crippen LogP contribution in [0.3, 0.4) is 0 Å². The van der Waals surface area contributed by atoms with Gasteiger partial charge in [0.2, 0.25) is 5.91 Å². The minimum Gasteiger partial charge on any atom is -0.362 e. The van der Waals surface area contributed by atoms with Gasteiger partial charge in [-0.2, -0.15) is 0 Å². The number of hydrogen-bond donors (Lipinski definition) is 2. The van der Waals surface area contributed by atoms with Gasteiger partial charge < -0.3 is 15.5 Å². The van der Waals surface area contributed by atoms with Crippen molar-refractivity contribution in [3.8, 4) is 0 Å². The molecule has 1 aliphatic heterocycles. The van der Waals surface area contributed by atoms with E-state index in [0.717, 1.165) is 43.7 Å². The van der Waals surface area contributed by atoms with E-state index in [2.05, 4.69) is 34.9 Å². The van der Waals surface area contributed by atoms with Crippen LogP contribution < -0.4 is 15.5 Å². The second kappa shape index (κ2) is 8.62. The fourth-order valence-electron chi connectivity index (χ4n) is 2.96. The normalized spacial score (nSPS) is 13.8. The Morgan fingerprint density at radius 2 is 1.84 bits per heavy atom. The average Bonchev–Trinajstić information content (AvgIpc) is 3.06. The Labute approximate surface area is 154 Å². The van der Waals surface area contributed by atoms with Crippen molar-refractivity contribution in [3.05, 3.63) is 60.2 Å². The lowest BCUT2D eigenvalue weighted by molar-refractivity contribution is -0.117. The van der Waals surface area contributed by atoms with Gasteiger partial charge in [0.15, 0.2) is 5.11 Å². The van der Waals surface area contributed by atoms with E-state index >= 15 is 0 Å². The molecule has 4 nitrogen and oxygen atoms in total. The maximum atomic E-state index is 11.8. The summed E-state index contributed by atoms with van der Waals surface area (Å²) >= 11 is 5.34. The molecule has 0 spiro atoms. The smallest absolute Gasteiger partial charge is 0.227 e. The minimum absolute atomic E-state index is 0.205. The monoisotopic (exact) mass is 353 g/mol. The highest BCUT2D eigenvalue weighted by Crippen LogP contribution is 2.22. The molecule has 1 fully saturated rings. The van der Waals surface area contributed by atoms with E-state index in [1.807, 2.05) is 35.2 Å². The first kappa shape index (κ1) is 17.4. The van der Waals surface area contributed by atoms with Crippen LogP contribution in [0.4, 0.5) is 11.4 Å². The molecule has 0 atom stereocenters. The summed E-state index contributed by atoms with van der Waals surface area (Å²) < 4.78 is 0. The molecule has 0 aliphatic carbocycles. The number of hydrogen-bond acceptors (Lipinski definition) is 2. The van der Waals surface area contributed by atoms with Crippen LogP contribution in [0, 0.1) is 0 Å². The molecule has 1 aliphatic rings. The van der Waals surface area contributed by atoms with E-state index in [4.69, 9.17) is 12.2 Å². The van der Waals surface area contributed by atoms with Gasteiger partial charge in [-0.25, -0.2) is 0 Å². The summed E-state index contributed by atoms with van der Waals surface area (Å²) in [5.41, 5.74) is 3.22. The lowest BCUT2D eigenvalue weighted by atomic mass is 10.1. The molecule has 0 bridgehead atoms. The van der Waals surface area contributed by atoms with Crippen LogP contribution in [0.2, 0.25) is 0 Å². The Hall–Kier alpha value is -2.40. The van der Waals surface area contributed by atoms with Crippen molar-refractivity contribution in [1.82, 2.24) is 5.32 Å². The van der Waals surface area contributed by atoms with Gasteiger partial charge in [0.25, 0.3) is 0 Å². The summed E-state index contributed by atoms with van der Waals surface area (Å²) in [7, 11) is 0. The second-order valence-corrected chi connectivity index (χ2v) is 6.57. The van der Waals surface area contributed by atoms with Gasteiger partial charge in [-0.05, 0) is 61.3 Å². The van der Waals surface area contributed by atoms with Gasteiger partial charge in [-0.1, -0.05) is 30.3 Å². The maximum absolute atomic E-state index is 11.8. The van der Waals surface area contributed by atoms with E-state index in [9.17, 15) is 4.79 Å². The zero-order valence-corrected chi connectivity index (χ0v) is 15.0. The van der Waals surface area contributed by atoms with Crippen molar-refractivity contribution in [3.63, 3.8) is 0 Å². The largest absolute Gasteiger partial charge is 0.362 e. The molecule has 0 radical (unpaired) electrons. The minimum atomic E-state index is 0.205. The standard InChI is InChI=1S/C20H23N3OS/c24-19-9-5-15-23(19)18-12-10-17(11-13-18)22-20(25)21-14-4-8-16-6-2-1-3-7-16/h1-3,6-7,10-13H,4-5,8-9,14-15H2,(H2,21,22,25). The number of carbonyl (C=O) groups excluding carboxylic acids is 1. The van der Waals surface area contributed by atoms with Crippen LogP contribution in [0.25, 0.3) is 0 Å². The molecule has 2 N–H and O–H groups in total. The fraction of sp³-hybridized carbons (Fsp3) is 0.300. The summed E-state index contributed by atoms with van der Waals surface area (Å²) in [6.07, 6.45) is 3.66. The third kappa shape index (κ3) is 5.03. The van der Waals surface area contributed by atoms with E-state index in [1.165, 1.54) is 5.56 Å². The zero-order chi connectivity index (χ0) is 17.5. The number of nitrogens with zero attached hydrogens (tertiary/aromatic N) is 1. The molecule has 2 aromatic carbocycles. The number of rotatable bonds is 6. The second-order valence-electron chi connectivity index (χ2n) is 6.17. The predicted octanol–water partition coefficient (Wildman–Crippen LogP) is 3.73. The molecule has 1 amide bonds.